The second-order valence-corrected chi connectivity index (χ2v) is 11.7. The highest BCUT2D eigenvalue weighted by Crippen LogP contribution is 2.22. The SMILES string of the molecule is c1cc2cc(c1)COc1ccc(cc1)Cc1ccc(cc1)OCc1cccc(c1)COc1ccc(cc1)Cc1ccc(cc1)OC2. The minimum absolute atomic E-state index is 0.501. The molecule has 12 bridgehead atoms. The summed E-state index contributed by atoms with van der Waals surface area (Å²) in [6, 6.07) is 50.1. The van der Waals surface area contributed by atoms with Crippen LogP contribution in [0.25, 0.3) is 0 Å². The third-order valence-electron chi connectivity index (χ3n) is 8.11. The molecule has 7 heterocycles. The van der Waals surface area contributed by atoms with Gasteiger partial charge >= 0.3 is 0 Å². The van der Waals surface area contributed by atoms with E-state index in [9.17, 15) is 0 Å². The third kappa shape index (κ3) is 7.96. The Morgan fingerprint density at radius 1 is 0.261 bits per heavy atom. The Hall–Kier alpha value is -5.48. The second kappa shape index (κ2) is 14.1. The molecule has 7 aliphatic heterocycles. The first-order valence-corrected chi connectivity index (χ1v) is 15.7. The second-order valence-electron chi connectivity index (χ2n) is 11.7. The molecular weight excluding hydrogens is 568 g/mol. The van der Waals surface area contributed by atoms with Crippen LogP contribution in [0, 0.1) is 0 Å². The summed E-state index contributed by atoms with van der Waals surface area (Å²) in [6.07, 6.45) is 1.69. The quantitative estimate of drug-likeness (QED) is 0.173. The van der Waals surface area contributed by atoms with Crippen molar-refractivity contribution in [1.82, 2.24) is 0 Å². The lowest BCUT2D eigenvalue weighted by atomic mass is 10.0. The number of benzene rings is 6. The molecule has 0 N–H and O–H groups in total. The van der Waals surface area contributed by atoms with Crippen LogP contribution < -0.4 is 18.9 Å². The number of rotatable bonds is 0. The summed E-state index contributed by atoms with van der Waals surface area (Å²) in [5, 5.41) is 0. The molecule has 4 heteroatoms. The number of hydrogen-bond acceptors (Lipinski definition) is 4. The van der Waals surface area contributed by atoms with Gasteiger partial charge < -0.3 is 18.9 Å². The summed E-state index contributed by atoms with van der Waals surface area (Å²) in [6.45, 7) is 2.00. The Balaban J connectivity index is 1.07. The van der Waals surface area contributed by atoms with Gasteiger partial charge in [0.2, 0.25) is 0 Å². The number of ether oxygens (including phenoxy) is 4. The maximum atomic E-state index is 6.11. The van der Waals surface area contributed by atoms with E-state index in [-0.39, 0.29) is 0 Å². The zero-order valence-electron chi connectivity index (χ0n) is 25.7. The first-order chi connectivity index (χ1) is 22.7. The molecule has 0 aromatic heterocycles. The van der Waals surface area contributed by atoms with Crippen LogP contribution in [0.1, 0.15) is 44.5 Å². The van der Waals surface area contributed by atoms with E-state index < -0.39 is 0 Å². The summed E-state index contributed by atoms with van der Waals surface area (Å²) in [7, 11) is 0. The molecule has 0 saturated carbocycles. The van der Waals surface area contributed by atoms with E-state index in [0.29, 0.717) is 26.4 Å². The summed E-state index contributed by atoms with van der Waals surface area (Å²) >= 11 is 0. The standard InChI is InChI=1S/C42H36O4/c1-3-35-25-36(4-1)28-44-40-17-9-32(10-18-40)24-34-13-21-42(22-14-34)46-30-38-6-2-5-37(26-38)29-45-41-19-11-33(12-20-41)23-31-7-15-39(16-8-31)43-27-35/h1-22,25-26H,23-24,27-30H2. The van der Waals surface area contributed by atoms with E-state index in [1.165, 1.54) is 22.3 Å². The predicted octanol–water partition coefficient (Wildman–Crippen LogP) is 9.50. The van der Waals surface area contributed by atoms with Gasteiger partial charge in [0.25, 0.3) is 0 Å². The lowest BCUT2D eigenvalue weighted by molar-refractivity contribution is 0.299. The van der Waals surface area contributed by atoms with Gasteiger partial charge in [-0.2, -0.15) is 0 Å². The van der Waals surface area contributed by atoms with E-state index in [1.807, 2.05) is 48.5 Å². The third-order valence-corrected chi connectivity index (χ3v) is 8.11. The molecule has 0 atom stereocenters. The fourth-order valence-corrected chi connectivity index (χ4v) is 5.57. The molecule has 0 unspecified atom stereocenters. The first-order valence-electron chi connectivity index (χ1n) is 15.7. The largest absolute Gasteiger partial charge is 0.489 e. The zero-order chi connectivity index (χ0) is 31.0. The van der Waals surface area contributed by atoms with Crippen molar-refractivity contribution in [3.05, 3.63) is 190 Å². The summed E-state index contributed by atoms with van der Waals surface area (Å²) in [5.41, 5.74) is 9.36. The molecule has 6 aromatic rings. The molecule has 13 rings (SSSR count). The molecule has 0 fully saturated rings. The van der Waals surface area contributed by atoms with Gasteiger partial charge in [-0.1, -0.05) is 84.9 Å². The fraction of sp³-hybridized carbons (Fsp3) is 0.143. The molecule has 46 heavy (non-hydrogen) atoms. The Kier molecular flexibility index (Phi) is 8.96. The average molecular weight is 605 g/mol. The maximum absolute atomic E-state index is 6.11. The van der Waals surface area contributed by atoms with Crippen LogP contribution in [0.5, 0.6) is 23.0 Å². The fourth-order valence-electron chi connectivity index (χ4n) is 5.57. The van der Waals surface area contributed by atoms with Gasteiger partial charge in [0.05, 0.1) is 0 Å². The summed E-state index contributed by atoms with van der Waals surface area (Å²) in [4.78, 5) is 0. The molecule has 228 valence electrons. The molecule has 0 amide bonds. The van der Waals surface area contributed by atoms with Crippen LogP contribution in [0.15, 0.2) is 146 Å². The topological polar surface area (TPSA) is 36.9 Å². The van der Waals surface area contributed by atoms with E-state index in [2.05, 4.69) is 97.1 Å². The lowest BCUT2D eigenvalue weighted by Crippen LogP contribution is -2.00. The highest BCUT2D eigenvalue weighted by molar-refractivity contribution is 5.36. The van der Waals surface area contributed by atoms with Gasteiger partial charge in [0.1, 0.15) is 49.4 Å². The van der Waals surface area contributed by atoms with Crippen molar-refractivity contribution in [2.75, 3.05) is 0 Å². The van der Waals surface area contributed by atoms with E-state index in [1.54, 1.807) is 0 Å². The highest BCUT2D eigenvalue weighted by atomic mass is 16.5. The molecule has 0 radical (unpaired) electrons. The van der Waals surface area contributed by atoms with E-state index in [4.69, 9.17) is 18.9 Å². The highest BCUT2D eigenvalue weighted by Gasteiger charge is 2.05. The van der Waals surface area contributed by atoms with Crippen molar-refractivity contribution in [3.8, 4) is 23.0 Å². The lowest BCUT2D eigenvalue weighted by Gasteiger charge is -2.12. The Labute approximate surface area is 270 Å². The van der Waals surface area contributed by atoms with Crippen LogP contribution in [0.4, 0.5) is 0 Å². The van der Waals surface area contributed by atoms with Gasteiger partial charge in [-0.25, -0.2) is 0 Å². The summed E-state index contributed by atoms with van der Waals surface area (Å²) < 4.78 is 24.4. The van der Waals surface area contributed by atoms with Crippen molar-refractivity contribution >= 4 is 0 Å². The molecule has 0 saturated heterocycles. The molecule has 0 spiro atoms. The van der Waals surface area contributed by atoms with Gasteiger partial charge in [0.15, 0.2) is 0 Å². The zero-order valence-corrected chi connectivity index (χ0v) is 25.7. The van der Waals surface area contributed by atoms with Crippen molar-refractivity contribution in [2.45, 2.75) is 39.3 Å². The van der Waals surface area contributed by atoms with Gasteiger partial charge in [-0.05, 0) is 118 Å². The van der Waals surface area contributed by atoms with Crippen molar-refractivity contribution in [1.29, 1.82) is 0 Å². The molecular formula is C42H36O4. The molecule has 6 aromatic carbocycles. The Morgan fingerprint density at radius 3 is 0.739 bits per heavy atom. The predicted molar refractivity (Wildman–Crippen MR) is 182 cm³/mol. The maximum Gasteiger partial charge on any atom is 0.119 e. The van der Waals surface area contributed by atoms with Crippen molar-refractivity contribution < 1.29 is 18.9 Å². The minimum Gasteiger partial charge on any atom is -0.489 e. The normalized spacial score (nSPS) is 13.4. The minimum atomic E-state index is 0.501. The van der Waals surface area contributed by atoms with Gasteiger partial charge in [-0.3, -0.25) is 0 Å². The summed E-state index contributed by atoms with van der Waals surface area (Å²) in [5.74, 6) is 3.41. The van der Waals surface area contributed by atoms with E-state index in [0.717, 1.165) is 58.1 Å². The van der Waals surface area contributed by atoms with Crippen LogP contribution in [-0.2, 0) is 39.3 Å². The first kappa shape index (κ1) is 29.2. The van der Waals surface area contributed by atoms with Crippen molar-refractivity contribution in [3.63, 3.8) is 0 Å². The van der Waals surface area contributed by atoms with Crippen LogP contribution in [0.2, 0.25) is 0 Å². The van der Waals surface area contributed by atoms with Gasteiger partial charge in [-0.15, -0.1) is 0 Å². The Bertz CT molecular complexity index is 1590. The molecule has 7 aliphatic rings. The van der Waals surface area contributed by atoms with Crippen molar-refractivity contribution in [2.24, 2.45) is 0 Å². The smallest absolute Gasteiger partial charge is 0.119 e. The molecule has 0 aliphatic carbocycles. The monoisotopic (exact) mass is 604 g/mol. The van der Waals surface area contributed by atoms with E-state index >= 15 is 0 Å². The molecule has 4 nitrogen and oxygen atoms in total. The van der Waals surface area contributed by atoms with Crippen LogP contribution >= 0.6 is 0 Å². The van der Waals surface area contributed by atoms with Crippen LogP contribution in [-0.4, -0.2) is 0 Å². The Morgan fingerprint density at radius 2 is 0.500 bits per heavy atom. The number of hydrogen-bond donors (Lipinski definition) is 0. The van der Waals surface area contributed by atoms with Crippen LogP contribution in [0.3, 0.4) is 0 Å². The average Bonchev–Trinajstić information content (AvgIpc) is 3.10. The van der Waals surface area contributed by atoms with Gasteiger partial charge in [0, 0.05) is 0 Å².